The van der Waals surface area contributed by atoms with Gasteiger partial charge in [0, 0.05) is 11.1 Å². The van der Waals surface area contributed by atoms with E-state index in [4.69, 9.17) is 25.8 Å². The van der Waals surface area contributed by atoms with Crippen molar-refractivity contribution in [3.05, 3.63) is 94.5 Å². The molecule has 6 heteroatoms. The number of benzene rings is 3. The molecule has 3 rings (SSSR count). The van der Waals surface area contributed by atoms with Gasteiger partial charge in [0.15, 0.2) is 11.5 Å². The van der Waals surface area contributed by atoms with Crippen LogP contribution < -0.4 is 14.2 Å². The van der Waals surface area contributed by atoms with Crippen LogP contribution in [0.25, 0.3) is 17.7 Å². The molecule has 0 saturated carbocycles. The maximum Gasteiger partial charge on any atom is 0.336 e. The fourth-order valence-electron chi connectivity index (χ4n) is 2.87. The number of halogens is 1. The van der Waals surface area contributed by atoms with E-state index in [1.807, 2.05) is 0 Å². The van der Waals surface area contributed by atoms with Crippen LogP contribution in [0, 0.1) is 11.3 Å². The topological polar surface area (TPSA) is 68.5 Å². The maximum atomic E-state index is 12.0. The predicted molar refractivity (Wildman–Crippen MR) is 126 cm³/mol. The van der Waals surface area contributed by atoms with E-state index >= 15 is 0 Å². The molecule has 0 heterocycles. The number of hydrogen-bond acceptors (Lipinski definition) is 5. The summed E-state index contributed by atoms with van der Waals surface area (Å²) in [4.78, 5) is 12.0. The number of methoxy groups -OCH3 is 2. The van der Waals surface area contributed by atoms with Crippen molar-refractivity contribution in [3.8, 4) is 23.3 Å². The second-order valence-electron chi connectivity index (χ2n) is 6.61. The summed E-state index contributed by atoms with van der Waals surface area (Å²) in [6.07, 6.45) is 4.74. The lowest BCUT2D eigenvalue weighted by Crippen LogP contribution is -2.03. The highest BCUT2D eigenvalue weighted by atomic mass is 35.5. The number of nitrogens with zero attached hydrogens (tertiary/aromatic N) is 1. The van der Waals surface area contributed by atoms with Crippen LogP contribution in [-0.4, -0.2) is 20.2 Å². The van der Waals surface area contributed by atoms with Crippen LogP contribution in [0.1, 0.15) is 16.7 Å². The van der Waals surface area contributed by atoms with E-state index in [1.54, 1.807) is 93.1 Å². The van der Waals surface area contributed by atoms with Crippen molar-refractivity contribution in [2.75, 3.05) is 14.2 Å². The first-order valence-corrected chi connectivity index (χ1v) is 10.00. The maximum absolute atomic E-state index is 12.0. The Morgan fingerprint density at radius 1 is 0.906 bits per heavy atom. The van der Waals surface area contributed by atoms with Crippen molar-refractivity contribution in [1.82, 2.24) is 0 Å². The van der Waals surface area contributed by atoms with Crippen molar-refractivity contribution < 1.29 is 19.0 Å². The molecule has 5 nitrogen and oxygen atoms in total. The van der Waals surface area contributed by atoms with Gasteiger partial charge in [-0.15, -0.1) is 0 Å². The summed E-state index contributed by atoms with van der Waals surface area (Å²) in [6, 6.07) is 21.5. The van der Waals surface area contributed by atoms with Gasteiger partial charge in [0.25, 0.3) is 0 Å². The lowest BCUT2D eigenvalue weighted by atomic mass is 10.0. The van der Waals surface area contributed by atoms with Crippen molar-refractivity contribution in [3.63, 3.8) is 0 Å². The summed E-state index contributed by atoms with van der Waals surface area (Å²) >= 11 is 5.85. The summed E-state index contributed by atoms with van der Waals surface area (Å²) in [6.45, 7) is 0. The number of hydrogen-bond donors (Lipinski definition) is 0. The van der Waals surface area contributed by atoms with Gasteiger partial charge in [0.2, 0.25) is 0 Å². The van der Waals surface area contributed by atoms with Crippen molar-refractivity contribution in [2.45, 2.75) is 0 Å². The Morgan fingerprint density at radius 3 is 2.19 bits per heavy atom. The van der Waals surface area contributed by atoms with E-state index < -0.39 is 5.97 Å². The van der Waals surface area contributed by atoms with Gasteiger partial charge < -0.3 is 14.2 Å². The van der Waals surface area contributed by atoms with Gasteiger partial charge in [-0.1, -0.05) is 35.9 Å². The van der Waals surface area contributed by atoms with Crippen molar-refractivity contribution >= 4 is 35.3 Å². The molecule has 0 aliphatic rings. The normalized spacial score (nSPS) is 11.1. The van der Waals surface area contributed by atoms with Crippen LogP contribution in [0.3, 0.4) is 0 Å². The molecule has 160 valence electrons. The summed E-state index contributed by atoms with van der Waals surface area (Å²) in [5, 5.41) is 10.2. The third kappa shape index (κ3) is 6.00. The predicted octanol–water partition coefficient (Wildman–Crippen LogP) is 6.04. The zero-order valence-corrected chi connectivity index (χ0v) is 18.3. The number of esters is 1. The number of rotatable bonds is 7. The molecule has 0 atom stereocenters. The molecule has 0 fully saturated rings. The summed E-state index contributed by atoms with van der Waals surface area (Å²) in [7, 11) is 3.10. The zero-order chi connectivity index (χ0) is 22.9. The number of carbonyl (C=O) groups is 1. The van der Waals surface area contributed by atoms with E-state index in [0.29, 0.717) is 33.4 Å². The molecular weight excluding hydrogens is 426 g/mol. The van der Waals surface area contributed by atoms with Gasteiger partial charge in [-0.3, -0.25) is 0 Å². The third-order valence-corrected chi connectivity index (χ3v) is 4.76. The molecule has 0 radical (unpaired) electrons. The fraction of sp³-hybridized carbons (Fsp3) is 0.0769. The molecular formula is C26H20ClNO4. The van der Waals surface area contributed by atoms with Crippen LogP contribution in [0.2, 0.25) is 5.02 Å². The van der Waals surface area contributed by atoms with Gasteiger partial charge in [-0.2, -0.15) is 5.26 Å². The molecule has 0 aliphatic carbocycles. The van der Waals surface area contributed by atoms with Gasteiger partial charge in [-0.25, -0.2) is 4.79 Å². The molecule has 0 saturated heterocycles. The monoisotopic (exact) mass is 445 g/mol. The molecule has 0 aromatic heterocycles. The standard InChI is InChI=1S/C26H20ClNO4/c1-30-24-13-8-20(16-25(24)31-2)21(17-28)15-19-5-11-23(12-6-19)32-26(29)14-7-18-3-9-22(27)10-4-18/h3-16H,1-2H3/b14-7+,21-15-. The Kier molecular flexibility index (Phi) is 7.69. The van der Waals surface area contributed by atoms with Crippen LogP contribution in [0.4, 0.5) is 0 Å². The highest BCUT2D eigenvalue weighted by Crippen LogP contribution is 2.31. The highest BCUT2D eigenvalue weighted by molar-refractivity contribution is 6.30. The van der Waals surface area contributed by atoms with Gasteiger partial charge >= 0.3 is 5.97 Å². The summed E-state index contributed by atoms with van der Waals surface area (Å²) in [5.74, 6) is 1.04. The van der Waals surface area contributed by atoms with Crippen LogP contribution >= 0.6 is 11.6 Å². The first-order chi connectivity index (χ1) is 15.5. The SMILES string of the molecule is COc1ccc(/C(C#N)=C\c2ccc(OC(=O)/C=C/c3ccc(Cl)cc3)cc2)cc1OC. The summed E-state index contributed by atoms with van der Waals surface area (Å²) in [5.41, 5.74) is 2.79. The lowest BCUT2D eigenvalue weighted by molar-refractivity contribution is -0.128. The first-order valence-electron chi connectivity index (χ1n) is 9.62. The van der Waals surface area contributed by atoms with Gasteiger partial charge in [-0.05, 0) is 71.3 Å². The molecule has 0 unspecified atom stereocenters. The summed E-state index contributed by atoms with van der Waals surface area (Å²) < 4.78 is 15.9. The number of ether oxygens (including phenoxy) is 3. The third-order valence-electron chi connectivity index (χ3n) is 4.51. The van der Waals surface area contributed by atoms with E-state index in [9.17, 15) is 10.1 Å². The van der Waals surface area contributed by atoms with Crippen LogP contribution in [0.15, 0.2) is 72.8 Å². The lowest BCUT2D eigenvalue weighted by Gasteiger charge is -2.09. The number of allylic oxidation sites excluding steroid dienone is 1. The van der Waals surface area contributed by atoms with Gasteiger partial charge in [0.05, 0.1) is 25.9 Å². The Bertz CT molecular complexity index is 1190. The fourth-order valence-corrected chi connectivity index (χ4v) is 3.00. The van der Waals surface area contributed by atoms with E-state index in [-0.39, 0.29) is 0 Å². The Balaban J connectivity index is 1.70. The molecule has 3 aromatic rings. The highest BCUT2D eigenvalue weighted by Gasteiger charge is 2.08. The van der Waals surface area contributed by atoms with Crippen LogP contribution in [0.5, 0.6) is 17.2 Å². The quantitative estimate of drug-likeness (QED) is 0.146. The minimum absolute atomic E-state index is 0.400. The Hall–Kier alpha value is -4.01. The molecule has 3 aromatic carbocycles. The smallest absolute Gasteiger partial charge is 0.336 e. The zero-order valence-electron chi connectivity index (χ0n) is 17.5. The van der Waals surface area contributed by atoms with Gasteiger partial charge in [0.1, 0.15) is 5.75 Å². The molecule has 32 heavy (non-hydrogen) atoms. The average Bonchev–Trinajstić information content (AvgIpc) is 2.82. The minimum atomic E-state index is -0.494. The molecule has 0 aliphatic heterocycles. The van der Waals surface area contributed by atoms with Crippen molar-refractivity contribution in [2.24, 2.45) is 0 Å². The van der Waals surface area contributed by atoms with Crippen molar-refractivity contribution in [1.29, 1.82) is 5.26 Å². The Morgan fingerprint density at radius 2 is 1.56 bits per heavy atom. The number of nitriles is 1. The van der Waals surface area contributed by atoms with E-state index in [1.165, 1.54) is 6.08 Å². The largest absolute Gasteiger partial charge is 0.493 e. The van der Waals surface area contributed by atoms with E-state index in [2.05, 4.69) is 6.07 Å². The Labute approximate surface area is 191 Å². The first kappa shape index (κ1) is 22.7. The molecule has 0 spiro atoms. The van der Waals surface area contributed by atoms with E-state index in [0.717, 1.165) is 11.1 Å². The average molecular weight is 446 g/mol. The second-order valence-corrected chi connectivity index (χ2v) is 7.05. The molecule has 0 amide bonds. The second kappa shape index (κ2) is 10.9. The molecule has 0 bridgehead atoms. The minimum Gasteiger partial charge on any atom is -0.493 e. The molecule has 0 N–H and O–H groups in total. The van der Waals surface area contributed by atoms with Crippen LogP contribution in [-0.2, 0) is 4.79 Å². The number of carbonyl (C=O) groups excluding carboxylic acids is 1.